The number of hydrogen-bond donors (Lipinski definition) is 1. The molecule has 1 aromatic heterocycles. The predicted molar refractivity (Wildman–Crippen MR) is 69.1 cm³/mol. The summed E-state index contributed by atoms with van der Waals surface area (Å²) in [6.07, 6.45) is 1.01. The summed E-state index contributed by atoms with van der Waals surface area (Å²) >= 11 is 6.18. The molecule has 0 amide bonds. The molecular formula is C12H20ClN3O. The molecule has 0 saturated carbocycles. The minimum atomic E-state index is -0.439. The zero-order valence-corrected chi connectivity index (χ0v) is 11.6. The minimum absolute atomic E-state index is 0.00699. The fourth-order valence-electron chi connectivity index (χ4n) is 1.67. The van der Waals surface area contributed by atoms with Crippen LogP contribution >= 0.6 is 11.6 Å². The summed E-state index contributed by atoms with van der Waals surface area (Å²) in [6.45, 7) is 5.86. The van der Waals surface area contributed by atoms with Crippen LogP contribution in [0.5, 0.6) is 0 Å². The largest absolute Gasteiger partial charge is 0.321 e. The number of hydrogen-bond acceptors (Lipinski definition) is 3. The van der Waals surface area contributed by atoms with Gasteiger partial charge >= 0.3 is 0 Å². The van der Waals surface area contributed by atoms with Crippen LogP contribution in [0.3, 0.4) is 0 Å². The van der Waals surface area contributed by atoms with Crippen molar-refractivity contribution < 1.29 is 4.79 Å². The van der Waals surface area contributed by atoms with Crippen molar-refractivity contribution in [1.29, 1.82) is 0 Å². The van der Waals surface area contributed by atoms with E-state index in [0.29, 0.717) is 5.02 Å². The van der Waals surface area contributed by atoms with Crippen LogP contribution in [0.4, 0.5) is 0 Å². The Labute approximate surface area is 107 Å². The van der Waals surface area contributed by atoms with Crippen LogP contribution in [-0.4, -0.2) is 21.6 Å². The molecule has 1 unspecified atom stereocenters. The third-order valence-electron chi connectivity index (χ3n) is 2.93. The van der Waals surface area contributed by atoms with E-state index in [9.17, 15) is 4.79 Å². The lowest BCUT2D eigenvalue weighted by atomic mass is 9.98. The van der Waals surface area contributed by atoms with E-state index in [1.807, 2.05) is 20.8 Å². The Bertz CT molecular complexity index is 412. The first-order chi connectivity index (χ1) is 7.88. The van der Waals surface area contributed by atoms with E-state index >= 15 is 0 Å². The first-order valence-electron chi connectivity index (χ1n) is 5.87. The normalized spacial score (nSPS) is 13.1. The number of carbonyl (C=O) groups excluding carboxylic acids is 1. The fourth-order valence-corrected chi connectivity index (χ4v) is 2.03. The smallest absolute Gasteiger partial charge is 0.155 e. The number of nitrogens with two attached hydrogens (primary N) is 1. The molecule has 5 heteroatoms. The van der Waals surface area contributed by atoms with Gasteiger partial charge in [0.05, 0.1) is 28.9 Å². The van der Waals surface area contributed by atoms with Crippen LogP contribution in [0.2, 0.25) is 5.02 Å². The van der Waals surface area contributed by atoms with Crippen molar-refractivity contribution >= 4 is 17.4 Å². The maximum Gasteiger partial charge on any atom is 0.155 e. The Morgan fingerprint density at radius 3 is 2.53 bits per heavy atom. The summed E-state index contributed by atoms with van der Waals surface area (Å²) in [5.41, 5.74) is 7.41. The summed E-state index contributed by atoms with van der Waals surface area (Å²) in [6, 6.07) is -0.439. The first kappa shape index (κ1) is 14.2. The third-order valence-corrected chi connectivity index (χ3v) is 3.37. The summed E-state index contributed by atoms with van der Waals surface area (Å²) in [5.74, 6) is 0.146. The van der Waals surface area contributed by atoms with Crippen molar-refractivity contribution in [2.24, 2.45) is 18.7 Å². The Morgan fingerprint density at radius 2 is 2.12 bits per heavy atom. The molecule has 1 heterocycles. The quantitative estimate of drug-likeness (QED) is 0.874. The number of halogens is 1. The van der Waals surface area contributed by atoms with Crippen molar-refractivity contribution in [2.75, 3.05) is 0 Å². The summed E-state index contributed by atoms with van der Waals surface area (Å²) in [4.78, 5) is 11.9. The second-order valence-corrected chi connectivity index (χ2v) is 4.98. The molecule has 1 rings (SSSR count). The van der Waals surface area contributed by atoms with Crippen molar-refractivity contribution in [3.63, 3.8) is 0 Å². The molecule has 0 saturated heterocycles. The summed E-state index contributed by atoms with van der Waals surface area (Å²) in [5, 5.41) is 4.87. The number of carbonyl (C=O) groups is 1. The molecule has 1 aromatic rings. The lowest BCUT2D eigenvalue weighted by molar-refractivity contribution is -0.120. The fraction of sp³-hybridized carbons (Fsp3) is 0.667. The first-order valence-corrected chi connectivity index (χ1v) is 6.24. The third kappa shape index (κ3) is 3.07. The maximum absolute atomic E-state index is 11.9. The molecule has 1 atom stereocenters. The van der Waals surface area contributed by atoms with Crippen LogP contribution in [0.15, 0.2) is 0 Å². The van der Waals surface area contributed by atoms with Gasteiger partial charge in [0.15, 0.2) is 5.78 Å². The Balaban J connectivity index is 2.89. The van der Waals surface area contributed by atoms with E-state index in [1.54, 1.807) is 11.7 Å². The van der Waals surface area contributed by atoms with Gasteiger partial charge in [-0.1, -0.05) is 32.4 Å². The molecule has 17 heavy (non-hydrogen) atoms. The van der Waals surface area contributed by atoms with Crippen molar-refractivity contribution in [2.45, 2.75) is 39.7 Å². The van der Waals surface area contributed by atoms with E-state index < -0.39 is 6.04 Å². The highest BCUT2D eigenvalue weighted by Crippen LogP contribution is 2.22. The minimum Gasteiger partial charge on any atom is -0.321 e. The number of Topliss-reactive ketones (excluding diaryl/α,β-unsaturated/α-hetero) is 1. The number of rotatable bonds is 5. The average molecular weight is 258 g/mol. The number of aryl methyl sites for hydroxylation is 2. The molecule has 0 bridgehead atoms. The molecule has 0 aliphatic carbocycles. The Hall–Kier alpha value is -0.870. The maximum atomic E-state index is 11.9. The van der Waals surface area contributed by atoms with E-state index in [4.69, 9.17) is 17.3 Å². The van der Waals surface area contributed by atoms with Crippen molar-refractivity contribution in [1.82, 2.24) is 9.78 Å². The summed E-state index contributed by atoms with van der Waals surface area (Å²) < 4.78 is 1.67. The number of nitrogens with zero attached hydrogens (tertiary/aromatic N) is 2. The monoisotopic (exact) mass is 257 g/mol. The molecule has 2 N–H and O–H groups in total. The van der Waals surface area contributed by atoms with Crippen LogP contribution in [0.1, 0.15) is 32.2 Å². The molecule has 4 nitrogen and oxygen atoms in total. The molecule has 0 aromatic carbocycles. The van der Waals surface area contributed by atoms with Crippen molar-refractivity contribution in [3.8, 4) is 0 Å². The topological polar surface area (TPSA) is 60.9 Å². The van der Waals surface area contributed by atoms with E-state index in [1.165, 1.54) is 0 Å². The van der Waals surface area contributed by atoms with Gasteiger partial charge in [0.25, 0.3) is 0 Å². The van der Waals surface area contributed by atoms with Crippen molar-refractivity contribution in [3.05, 3.63) is 16.4 Å². The Kier molecular flexibility index (Phi) is 4.71. The molecule has 0 spiro atoms. The zero-order valence-electron chi connectivity index (χ0n) is 10.8. The molecule has 0 aliphatic rings. The molecule has 96 valence electrons. The molecule has 0 radical (unpaired) electrons. The van der Waals surface area contributed by atoms with Gasteiger partial charge in [-0.3, -0.25) is 9.48 Å². The zero-order chi connectivity index (χ0) is 13.2. The summed E-state index contributed by atoms with van der Waals surface area (Å²) in [7, 11) is 1.80. The molecular weight excluding hydrogens is 238 g/mol. The standard InChI is InChI=1S/C12H20ClN3O/c1-5-8-11(13)9(16(4)15-8)6-10(17)12(14)7(2)3/h7,12H,5-6,14H2,1-4H3. The van der Waals surface area contributed by atoms with Gasteiger partial charge in [0, 0.05) is 7.05 Å². The lowest BCUT2D eigenvalue weighted by Crippen LogP contribution is -2.36. The van der Waals surface area contributed by atoms with Gasteiger partial charge in [-0.15, -0.1) is 0 Å². The van der Waals surface area contributed by atoms with Crippen LogP contribution in [0, 0.1) is 5.92 Å². The van der Waals surface area contributed by atoms with E-state index in [0.717, 1.165) is 17.8 Å². The SMILES string of the molecule is CCc1nn(C)c(CC(=O)C(N)C(C)C)c1Cl. The highest BCUT2D eigenvalue weighted by molar-refractivity contribution is 6.32. The second kappa shape index (κ2) is 5.65. The highest BCUT2D eigenvalue weighted by Gasteiger charge is 2.21. The highest BCUT2D eigenvalue weighted by atomic mass is 35.5. The Morgan fingerprint density at radius 1 is 1.53 bits per heavy atom. The second-order valence-electron chi connectivity index (χ2n) is 4.60. The number of aromatic nitrogens is 2. The van der Waals surface area contributed by atoms with Gasteiger partial charge in [-0.2, -0.15) is 5.10 Å². The number of ketones is 1. The van der Waals surface area contributed by atoms with Gasteiger partial charge in [-0.25, -0.2) is 0 Å². The van der Waals surface area contributed by atoms with Crippen LogP contribution < -0.4 is 5.73 Å². The molecule has 0 fully saturated rings. The van der Waals surface area contributed by atoms with Gasteiger partial charge in [0.2, 0.25) is 0 Å². The van der Waals surface area contributed by atoms with Crippen LogP contribution in [-0.2, 0) is 24.7 Å². The van der Waals surface area contributed by atoms with E-state index in [-0.39, 0.29) is 18.1 Å². The van der Waals surface area contributed by atoms with E-state index in [2.05, 4.69) is 5.10 Å². The average Bonchev–Trinajstić information content (AvgIpc) is 2.55. The van der Waals surface area contributed by atoms with Gasteiger partial charge in [0.1, 0.15) is 0 Å². The predicted octanol–water partition coefficient (Wildman–Crippen LogP) is 1.73. The van der Waals surface area contributed by atoms with Gasteiger partial charge in [-0.05, 0) is 12.3 Å². The van der Waals surface area contributed by atoms with Crippen LogP contribution in [0.25, 0.3) is 0 Å². The molecule has 0 aliphatic heterocycles. The van der Waals surface area contributed by atoms with Gasteiger partial charge < -0.3 is 5.73 Å². The lowest BCUT2D eigenvalue weighted by Gasteiger charge is -2.14.